The van der Waals surface area contributed by atoms with Gasteiger partial charge in [0.15, 0.2) is 0 Å². The lowest BCUT2D eigenvalue weighted by Gasteiger charge is -2.03. The highest BCUT2D eigenvalue weighted by Gasteiger charge is 2.01. The Morgan fingerprint density at radius 1 is 1.27 bits per heavy atom. The number of hydrogen-bond acceptors (Lipinski definition) is 3. The second-order valence-corrected chi connectivity index (χ2v) is 3.81. The maximum absolute atomic E-state index is 11.6. The van der Waals surface area contributed by atoms with Crippen LogP contribution in [-0.4, -0.2) is 14.5 Å². The standard InChI is InChI=1S/C10H8BrN3O/c11-8-3-1-6-14(10(8)15)7-9-12-4-2-5-13-9/h1-6H,7H2. The van der Waals surface area contributed by atoms with Crippen LogP contribution in [0, 0.1) is 0 Å². The van der Waals surface area contributed by atoms with Crippen LogP contribution in [0.15, 0.2) is 46.1 Å². The van der Waals surface area contributed by atoms with E-state index in [2.05, 4.69) is 25.9 Å². The first-order valence-corrected chi connectivity index (χ1v) is 5.17. The van der Waals surface area contributed by atoms with Gasteiger partial charge in [-0.3, -0.25) is 4.79 Å². The van der Waals surface area contributed by atoms with Crippen LogP contribution in [-0.2, 0) is 6.54 Å². The number of aromatic nitrogens is 3. The molecule has 2 heterocycles. The highest BCUT2D eigenvalue weighted by Crippen LogP contribution is 2.01. The zero-order valence-electron chi connectivity index (χ0n) is 7.80. The lowest BCUT2D eigenvalue weighted by molar-refractivity contribution is 0.711. The third-order valence-corrected chi connectivity index (χ3v) is 2.51. The molecule has 0 saturated heterocycles. The molecule has 5 heteroatoms. The highest BCUT2D eigenvalue weighted by molar-refractivity contribution is 9.10. The van der Waals surface area contributed by atoms with E-state index in [1.54, 1.807) is 41.4 Å². The summed E-state index contributed by atoms with van der Waals surface area (Å²) >= 11 is 3.19. The molecule has 0 aliphatic carbocycles. The Balaban J connectivity index is 2.33. The van der Waals surface area contributed by atoms with E-state index < -0.39 is 0 Å². The predicted octanol–water partition coefficient (Wildman–Crippen LogP) is 1.45. The maximum Gasteiger partial charge on any atom is 0.265 e. The van der Waals surface area contributed by atoms with Crippen LogP contribution in [0.25, 0.3) is 0 Å². The average molecular weight is 266 g/mol. The molecule has 0 aliphatic rings. The third-order valence-electron chi connectivity index (χ3n) is 1.90. The van der Waals surface area contributed by atoms with Gasteiger partial charge in [-0.2, -0.15) is 0 Å². The Hall–Kier alpha value is -1.49. The molecule has 0 N–H and O–H groups in total. The van der Waals surface area contributed by atoms with Gasteiger partial charge < -0.3 is 4.57 Å². The summed E-state index contributed by atoms with van der Waals surface area (Å²) in [6.45, 7) is 0.388. The summed E-state index contributed by atoms with van der Waals surface area (Å²) in [5, 5.41) is 0. The smallest absolute Gasteiger partial charge is 0.265 e. The molecule has 0 amide bonds. The topological polar surface area (TPSA) is 47.8 Å². The molecule has 0 fully saturated rings. The lowest BCUT2D eigenvalue weighted by Crippen LogP contribution is -2.21. The molecule has 15 heavy (non-hydrogen) atoms. The van der Waals surface area contributed by atoms with Crippen LogP contribution in [0.2, 0.25) is 0 Å². The summed E-state index contributed by atoms with van der Waals surface area (Å²) < 4.78 is 2.10. The molecule has 0 aromatic carbocycles. The normalized spacial score (nSPS) is 10.2. The molecule has 0 atom stereocenters. The number of rotatable bonds is 2. The highest BCUT2D eigenvalue weighted by atomic mass is 79.9. The van der Waals surface area contributed by atoms with E-state index in [4.69, 9.17) is 0 Å². The molecule has 0 unspecified atom stereocenters. The second kappa shape index (κ2) is 4.35. The molecular weight excluding hydrogens is 258 g/mol. The minimum Gasteiger partial charge on any atom is -0.307 e. The van der Waals surface area contributed by atoms with Crippen molar-refractivity contribution in [2.45, 2.75) is 6.54 Å². The van der Waals surface area contributed by atoms with Crippen LogP contribution in [0.5, 0.6) is 0 Å². The van der Waals surface area contributed by atoms with Gasteiger partial charge in [-0.25, -0.2) is 9.97 Å². The van der Waals surface area contributed by atoms with Crippen molar-refractivity contribution in [3.8, 4) is 0 Å². The molecule has 0 aliphatic heterocycles. The van der Waals surface area contributed by atoms with E-state index in [1.165, 1.54) is 0 Å². The van der Waals surface area contributed by atoms with Gasteiger partial charge in [0.1, 0.15) is 5.82 Å². The number of hydrogen-bond donors (Lipinski definition) is 0. The summed E-state index contributed by atoms with van der Waals surface area (Å²) in [6.07, 6.45) is 5.03. The Labute approximate surface area is 94.8 Å². The predicted molar refractivity (Wildman–Crippen MR) is 59.5 cm³/mol. The molecule has 0 saturated carbocycles. The van der Waals surface area contributed by atoms with E-state index in [1.807, 2.05) is 0 Å². The largest absolute Gasteiger partial charge is 0.307 e. The van der Waals surface area contributed by atoms with E-state index in [9.17, 15) is 4.79 Å². The van der Waals surface area contributed by atoms with Gasteiger partial charge in [-0.1, -0.05) is 0 Å². The van der Waals surface area contributed by atoms with Crippen molar-refractivity contribution in [1.82, 2.24) is 14.5 Å². The Kier molecular flexibility index (Phi) is 2.91. The van der Waals surface area contributed by atoms with Crippen molar-refractivity contribution in [3.05, 3.63) is 57.4 Å². The third kappa shape index (κ3) is 2.30. The summed E-state index contributed by atoms with van der Waals surface area (Å²) in [5.41, 5.74) is -0.0787. The molecular formula is C10H8BrN3O. The summed E-state index contributed by atoms with van der Waals surface area (Å²) in [5.74, 6) is 0.623. The lowest BCUT2D eigenvalue weighted by atomic mass is 10.4. The Morgan fingerprint density at radius 3 is 2.73 bits per heavy atom. The summed E-state index contributed by atoms with van der Waals surface area (Å²) in [6, 6.07) is 5.26. The number of pyridine rings is 1. The number of nitrogens with zero attached hydrogens (tertiary/aromatic N) is 3. The van der Waals surface area contributed by atoms with Gasteiger partial charge >= 0.3 is 0 Å². The van der Waals surface area contributed by atoms with Gasteiger partial charge in [0.05, 0.1) is 11.0 Å². The van der Waals surface area contributed by atoms with E-state index >= 15 is 0 Å². The molecule has 2 rings (SSSR count). The average Bonchev–Trinajstić information content (AvgIpc) is 2.26. The van der Waals surface area contributed by atoms with Crippen molar-refractivity contribution < 1.29 is 0 Å². The first-order chi connectivity index (χ1) is 7.27. The van der Waals surface area contributed by atoms with E-state index in [-0.39, 0.29) is 5.56 Å². The van der Waals surface area contributed by atoms with Crippen molar-refractivity contribution >= 4 is 15.9 Å². The van der Waals surface area contributed by atoms with Crippen molar-refractivity contribution in [1.29, 1.82) is 0 Å². The van der Waals surface area contributed by atoms with Gasteiger partial charge in [0.2, 0.25) is 0 Å². The van der Waals surface area contributed by atoms with Crippen LogP contribution in [0.4, 0.5) is 0 Å². The number of halogens is 1. The van der Waals surface area contributed by atoms with Gasteiger partial charge in [-0.15, -0.1) is 0 Å². The maximum atomic E-state index is 11.6. The first-order valence-electron chi connectivity index (χ1n) is 4.38. The monoisotopic (exact) mass is 265 g/mol. The molecule has 2 aromatic rings. The van der Waals surface area contributed by atoms with E-state index in [0.29, 0.717) is 16.8 Å². The van der Waals surface area contributed by atoms with Crippen molar-refractivity contribution in [3.63, 3.8) is 0 Å². The van der Waals surface area contributed by atoms with Crippen LogP contribution in [0.3, 0.4) is 0 Å². The fourth-order valence-corrected chi connectivity index (χ4v) is 1.58. The van der Waals surface area contributed by atoms with Crippen LogP contribution < -0.4 is 5.56 Å². The zero-order valence-corrected chi connectivity index (χ0v) is 9.39. The SMILES string of the molecule is O=c1c(Br)cccn1Cc1ncccn1. The quantitative estimate of drug-likeness (QED) is 0.826. The molecule has 0 spiro atoms. The van der Waals surface area contributed by atoms with Crippen LogP contribution in [0.1, 0.15) is 5.82 Å². The fraction of sp³-hybridized carbons (Fsp3) is 0.100. The Morgan fingerprint density at radius 2 is 2.00 bits per heavy atom. The molecule has 2 aromatic heterocycles. The van der Waals surface area contributed by atoms with Crippen molar-refractivity contribution in [2.75, 3.05) is 0 Å². The minimum atomic E-state index is -0.0787. The minimum absolute atomic E-state index is 0.0787. The molecule has 0 radical (unpaired) electrons. The van der Waals surface area contributed by atoms with Gasteiger partial charge in [0.25, 0.3) is 5.56 Å². The Bertz CT molecular complexity index is 510. The van der Waals surface area contributed by atoms with E-state index in [0.717, 1.165) is 0 Å². The molecule has 0 bridgehead atoms. The fourth-order valence-electron chi connectivity index (χ4n) is 1.20. The van der Waals surface area contributed by atoms with Gasteiger partial charge in [0, 0.05) is 18.6 Å². The van der Waals surface area contributed by atoms with Crippen molar-refractivity contribution in [2.24, 2.45) is 0 Å². The summed E-state index contributed by atoms with van der Waals surface area (Å²) in [4.78, 5) is 19.8. The zero-order chi connectivity index (χ0) is 10.7. The molecule has 76 valence electrons. The van der Waals surface area contributed by atoms with Gasteiger partial charge in [-0.05, 0) is 34.1 Å². The first kappa shape index (κ1) is 10.0. The summed E-state index contributed by atoms with van der Waals surface area (Å²) in [7, 11) is 0. The molecule has 4 nitrogen and oxygen atoms in total. The van der Waals surface area contributed by atoms with Crippen LogP contribution >= 0.6 is 15.9 Å². The second-order valence-electron chi connectivity index (χ2n) is 2.95.